The number of anilines is 1. The lowest BCUT2D eigenvalue weighted by Gasteiger charge is -2.19. The van der Waals surface area contributed by atoms with Gasteiger partial charge in [0.15, 0.2) is 6.23 Å². The Morgan fingerprint density at radius 3 is 2.88 bits per heavy atom. The van der Waals surface area contributed by atoms with Crippen LogP contribution in [-0.2, 0) is 9.47 Å². The molecule has 0 aromatic carbocycles. The predicted octanol–water partition coefficient (Wildman–Crippen LogP) is -0.597. The first-order valence-corrected chi connectivity index (χ1v) is 8.39. The minimum absolute atomic E-state index is 0.163. The van der Waals surface area contributed by atoms with E-state index in [0.29, 0.717) is 23.3 Å². The minimum atomic E-state index is -1.20. The summed E-state index contributed by atoms with van der Waals surface area (Å²) in [6, 6.07) is 1.66. The SMILES string of the molecule is CCCOCC1OC(n2c(C#CCO)cc3c(N)ncnc32)C(O)C1O. The largest absolute Gasteiger partial charge is 0.387 e. The van der Waals surface area contributed by atoms with Crippen LogP contribution in [0, 0.1) is 11.8 Å². The molecule has 4 atom stereocenters. The molecular formula is C17H22N4O5. The monoisotopic (exact) mass is 362 g/mol. The van der Waals surface area contributed by atoms with Crippen LogP contribution in [0.5, 0.6) is 0 Å². The van der Waals surface area contributed by atoms with Gasteiger partial charge in [0.05, 0.1) is 17.7 Å². The predicted molar refractivity (Wildman–Crippen MR) is 92.9 cm³/mol. The summed E-state index contributed by atoms with van der Waals surface area (Å²) in [7, 11) is 0. The zero-order valence-electron chi connectivity index (χ0n) is 14.4. The lowest BCUT2D eigenvalue weighted by Crippen LogP contribution is -2.34. The van der Waals surface area contributed by atoms with Gasteiger partial charge in [-0.3, -0.25) is 4.57 Å². The highest BCUT2D eigenvalue weighted by molar-refractivity contribution is 5.88. The molecule has 1 saturated heterocycles. The van der Waals surface area contributed by atoms with Gasteiger partial charge in [-0.05, 0) is 18.4 Å². The van der Waals surface area contributed by atoms with E-state index in [0.717, 1.165) is 6.42 Å². The van der Waals surface area contributed by atoms with E-state index in [-0.39, 0.29) is 19.0 Å². The van der Waals surface area contributed by atoms with E-state index in [1.54, 1.807) is 10.6 Å². The molecular weight excluding hydrogens is 340 g/mol. The number of hydrogen-bond acceptors (Lipinski definition) is 8. The van der Waals surface area contributed by atoms with Gasteiger partial charge in [0.25, 0.3) is 0 Å². The second kappa shape index (κ2) is 7.99. The molecule has 2 aromatic heterocycles. The highest BCUT2D eigenvalue weighted by atomic mass is 16.6. The minimum Gasteiger partial charge on any atom is -0.387 e. The van der Waals surface area contributed by atoms with E-state index in [1.807, 2.05) is 6.92 Å². The highest BCUT2D eigenvalue weighted by Gasteiger charge is 2.44. The van der Waals surface area contributed by atoms with Crippen LogP contribution in [0.2, 0.25) is 0 Å². The van der Waals surface area contributed by atoms with Gasteiger partial charge in [-0.15, -0.1) is 0 Å². The summed E-state index contributed by atoms with van der Waals surface area (Å²) in [6.45, 7) is 2.35. The summed E-state index contributed by atoms with van der Waals surface area (Å²) in [4.78, 5) is 8.16. The summed E-state index contributed by atoms with van der Waals surface area (Å²) in [6.07, 6.45) is -1.78. The molecule has 5 N–H and O–H groups in total. The number of nitrogen functional groups attached to an aromatic ring is 1. The lowest BCUT2D eigenvalue weighted by molar-refractivity contribution is -0.0653. The molecule has 140 valence electrons. The lowest BCUT2D eigenvalue weighted by atomic mass is 10.1. The molecule has 3 rings (SSSR count). The van der Waals surface area contributed by atoms with Crippen LogP contribution in [0.1, 0.15) is 25.3 Å². The molecule has 4 unspecified atom stereocenters. The van der Waals surface area contributed by atoms with Crippen molar-refractivity contribution in [1.82, 2.24) is 14.5 Å². The molecule has 0 spiro atoms. The van der Waals surface area contributed by atoms with Crippen molar-refractivity contribution in [2.75, 3.05) is 25.6 Å². The number of rotatable bonds is 5. The maximum Gasteiger partial charge on any atom is 0.165 e. The number of fused-ring (bicyclic) bond motifs is 1. The van der Waals surface area contributed by atoms with Crippen LogP contribution < -0.4 is 5.73 Å². The zero-order chi connectivity index (χ0) is 18.7. The van der Waals surface area contributed by atoms with Gasteiger partial charge in [0.1, 0.15) is 42.7 Å². The average molecular weight is 362 g/mol. The van der Waals surface area contributed by atoms with Crippen LogP contribution in [0.3, 0.4) is 0 Å². The number of nitrogens with zero attached hydrogens (tertiary/aromatic N) is 3. The van der Waals surface area contributed by atoms with Crippen LogP contribution in [0.25, 0.3) is 11.0 Å². The molecule has 1 fully saturated rings. The van der Waals surface area contributed by atoms with Crippen molar-refractivity contribution < 1.29 is 24.8 Å². The second-order valence-corrected chi connectivity index (χ2v) is 5.98. The summed E-state index contributed by atoms with van der Waals surface area (Å²) < 4.78 is 12.9. The Labute approximate surface area is 150 Å². The summed E-state index contributed by atoms with van der Waals surface area (Å²) >= 11 is 0. The van der Waals surface area contributed by atoms with E-state index in [4.69, 9.17) is 20.3 Å². The molecule has 2 aromatic rings. The molecule has 9 nitrogen and oxygen atoms in total. The zero-order valence-corrected chi connectivity index (χ0v) is 14.4. The van der Waals surface area contributed by atoms with Crippen molar-refractivity contribution in [1.29, 1.82) is 0 Å². The molecule has 9 heteroatoms. The molecule has 0 saturated carbocycles. The summed E-state index contributed by atoms with van der Waals surface area (Å²) in [5, 5.41) is 30.4. The van der Waals surface area contributed by atoms with Gasteiger partial charge < -0.3 is 30.5 Å². The quantitative estimate of drug-likeness (QED) is 0.409. The average Bonchev–Trinajstić information content (AvgIpc) is 3.13. The molecule has 1 aliphatic rings. The normalized spacial score (nSPS) is 25.4. The van der Waals surface area contributed by atoms with Crippen molar-refractivity contribution in [3.8, 4) is 11.8 Å². The van der Waals surface area contributed by atoms with Gasteiger partial charge in [0, 0.05) is 6.61 Å². The first-order chi connectivity index (χ1) is 12.6. The summed E-state index contributed by atoms with van der Waals surface area (Å²) in [5.41, 5.74) is 6.76. The number of aromatic nitrogens is 3. The third-order valence-electron chi connectivity index (χ3n) is 4.18. The summed E-state index contributed by atoms with van der Waals surface area (Å²) in [5.74, 6) is 5.61. The standard InChI is InChI=1S/C17H22N4O5/c1-2-6-25-8-12-13(23)14(24)17(26-12)21-10(4-3-5-22)7-11-15(18)19-9-20-16(11)21/h7,9,12-14,17,22-24H,2,5-6,8H2,1H3,(H2,18,19,20). The molecule has 0 amide bonds. The molecule has 1 aliphatic heterocycles. The van der Waals surface area contributed by atoms with Gasteiger partial charge in [-0.1, -0.05) is 12.8 Å². The third-order valence-corrected chi connectivity index (χ3v) is 4.18. The Hall–Kier alpha value is -2.22. The van der Waals surface area contributed by atoms with Crippen molar-refractivity contribution in [2.45, 2.75) is 37.9 Å². The van der Waals surface area contributed by atoms with Gasteiger partial charge >= 0.3 is 0 Å². The second-order valence-electron chi connectivity index (χ2n) is 5.98. The number of ether oxygens (including phenoxy) is 2. The Kier molecular flexibility index (Phi) is 5.70. The van der Waals surface area contributed by atoms with Crippen LogP contribution in [0.4, 0.5) is 5.82 Å². The Balaban J connectivity index is 1.99. The van der Waals surface area contributed by atoms with Crippen LogP contribution in [-0.4, -0.2) is 68.0 Å². The molecule has 0 bridgehead atoms. The maximum absolute atomic E-state index is 10.5. The van der Waals surface area contributed by atoms with Crippen molar-refractivity contribution >= 4 is 16.9 Å². The van der Waals surface area contributed by atoms with Gasteiger partial charge in [0.2, 0.25) is 0 Å². The van der Waals surface area contributed by atoms with Crippen molar-refractivity contribution in [2.24, 2.45) is 0 Å². The molecule has 26 heavy (non-hydrogen) atoms. The Morgan fingerprint density at radius 1 is 1.35 bits per heavy atom. The number of hydrogen-bond donors (Lipinski definition) is 4. The van der Waals surface area contributed by atoms with Crippen molar-refractivity contribution in [3.63, 3.8) is 0 Å². The van der Waals surface area contributed by atoms with E-state index in [1.165, 1.54) is 6.33 Å². The molecule has 0 aliphatic carbocycles. The van der Waals surface area contributed by atoms with E-state index in [2.05, 4.69) is 21.8 Å². The van der Waals surface area contributed by atoms with Crippen molar-refractivity contribution in [3.05, 3.63) is 18.1 Å². The Morgan fingerprint density at radius 2 is 2.15 bits per heavy atom. The fraction of sp³-hybridized carbons (Fsp3) is 0.529. The third kappa shape index (κ3) is 3.38. The Bertz CT molecular complexity index is 828. The first-order valence-electron chi connectivity index (χ1n) is 8.39. The number of aliphatic hydroxyl groups excluding tert-OH is 3. The van der Waals surface area contributed by atoms with Gasteiger partial charge in [-0.25, -0.2) is 9.97 Å². The van der Waals surface area contributed by atoms with E-state index < -0.39 is 24.5 Å². The first kappa shape index (κ1) is 18.6. The number of nitrogens with two attached hydrogens (primary N) is 1. The highest BCUT2D eigenvalue weighted by Crippen LogP contribution is 2.34. The fourth-order valence-corrected chi connectivity index (χ4v) is 2.96. The molecule has 0 radical (unpaired) electrons. The fourth-order valence-electron chi connectivity index (χ4n) is 2.96. The van der Waals surface area contributed by atoms with E-state index >= 15 is 0 Å². The topological polar surface area (TPSA) is 136 Å². The van der Waals surface area contributed by atoms with Crippen LogP contribution in [0.15, 0.2) is 12.4 Å². The maximum atomic E-state index is 10.5. The van der Waals surface area contributed by atoms with Crippen LogP contribution >= 0.6 is 0 Å². The smallest absolute Gasteiger partial charge is 0.165 e. The van der Waals surface area contributed by atoms with E-state index in [9.17, 15) is 10.2 Å². The van der Waals surface area contributed by atoms with Gasteiger partial charge in [-0.2, -0.15) is 0 Å². The number of aliphatic hydroxyl groups is 3. The molecule has 3 heterocycles.